The molecule has 1 aliphatic carbocycles. The highest BCUT2D eigenvalue weighted by Gasteiger charge is 2.41. The summed E-state index contributed by atoms with van der Waals surface area (Å²) in [6.45, 7) is 7.36. The van der Waals surface area contributed by atoms with Crippen molar-refractivity contribution in [3.8, 4) is 0 Å². The van der Waals surface area contributed by atoms with Gasteiger partial charge in [0.05, 0.1) is 0 Å². The molecular formula is C9H17N. The van der Waals surface area contributed by atoms with E-state index in [4.69, 9.17) is 0 Å². The van der Waals surface area contributed by atoms with E-state index in [0.29, 0.717) is 0 Å². The molecule has 58 valence electrons. The van der Waals surface area contributed by atoms with Gasteiger partial charge in [0.25, 0.3) is 0 Å². The highest BCUT2D eigenvalue weighted by atomic mass is 15.2. The average molecular weight is 139 g/mol. The van der Waals surface area contributed by atoms with E-state index >= 15 is 0 Å². The van der Waals surface area contributed by atoms with Crippen molar-refractivity contribution in [3.63, 3.8) is 0 Å². The molecule has 2 bridgehead atoms. The second-order valence-corrected chi connectivity index (χ2v) is 3.95. The molecule has 1 saturated heterocycles. The number of hydrogen-bond donors (Lipinski definition) is 0. The van der Waals surface area contributed by atoms with Gasteiger partial charge in [-0.1, -0.05) is 13.8 Å². The molecule has 0 spiro atoms. The average Bonchev–Trinajstić information content (AvgIpc) is 2.44. The normalized spacial score (nSPS) is 46.8. The van der Waals surface area contributed by atoms with Gasteiger partial charge in [-0.2, -0.15) is 0 Å². The van der Waals surface area contributed by atoms with Crippen LogP contribution in [0.5, 0.6) is 0 Å². The zero-order valence-electron chi connectivity index (χ0n) is 7.01. The predicted molar refractivity (Wildman–Crippen MR) is 42.9 cm³/mol. The molecule has 0 amide bonds. The fourth-order valence-corrected chi connectivity index (χ4v) is 2.69. The van der Waals surface area contributed by atoms with E-state index < -0.39 is 0 Å². The van der Waals surface area contributed by atoms with Crippen LogP contribution in [0.25, 0.3) is 0 Å². The minimum absolute atomic E-state index is 0.963. The van der Waals surface area contributed by atoms with Crippen molar-refractivity contribution in [1.29, 1.82) is 0 Å². The predicted octanol–water partition coefficient (Wildman–Crippen LogP) is 1.74. The molecule has 3 unspecified atom stereocenters. The van der Waals surface area contributed by atoms with Crippen molar-refractivity contribution in [1.82, 2.24) is 4.90 Å². The molecule has 0 aromatic heterocycles. The van der Waals surface area contributed by atoms with Gasteiger partial charge in [-0.3, -0.25) is 0 Å². The molecule has 1 heteroatoms. The van der Waals surface area contributed by atoms with Gasteiger partial charge < -0.3 is 4.90 Å². The zero-order chi connectivity index (χ0) is 7.14. The monoisotopic (exact) mass is 139 g/mol. The molecule has 1 aliphatic heterocycles. The van der Waals surface area contributed by atoms with E-state index in [0.717, 1.165) is 17.9 Å². The summed E-state index contributed by atoms with van der Waals surface area (Å²) in [4.78, 5) is 2.64. The Morgan fingerprint density at radius 1 is 1.40 bits per heavy atom. The Labute approximate surface area is 63.4 Å². The molecule has 0 aromatic rings. The lowest BCUT2D eigenvalue weighted by molar-refractivity contribution is 0.190. The van der Waals surface area contributed by atoms with Crippen molar-refractivity contribution in [2.45, 2.75) is 32.7 Å². The maximum absolute atomic E-state index is 2.64. The smallest absolute Gasteiger partial charge is 0.0101 e. The van der Waals surface area contributed by atoms with Gasteiger partial charge in [-0.05, 0) is 31.2 Å². The molecule has 1 nitrogen and oxygen atoms in total. The van der Waals surface area contributed by atoms with Gasteiger partial charge in [-0.15, -0.1) is 0 Å². The van der Waals surface area contributed by atoms with E-state index in [1.54, 1.807) is 0 Å². The second kappa shape index (κ2) is 2.23. The summed E-state index contributed by atoms with van der Waals surface area (Å²) in [7, 11) is 0. The number of nitrogens with zero attached hydrogens (tertiary/aromatic N) is 1. The van der Waals surface area contributed by atoms with Crippen LogP contribution in [0.2, 0.25) is 0 Å². The van der Waals surface area contributed by atoms with Crippen LogP contribution >= 0.6 is 0 Å². The van der Waals surface area contributed by atoms with Crippen LogP contribution in [0.15, 0.2) is 0 Å². The highest BCUT2D eigenvalue weighted by molar-refractivity contribution is 4.94. The fraction of sp³-hybridized carbons (Fsp3) is 1.00. The zero-order valence-corrected chi connectivity index (χ0v) is 7.01. The van der Waals surface area contributed by atoms with Crippen LogP contribution in [0.3, 0.4) is 0 Å². The van der Waals surface area contributed by atoms with E-state index in [1.165, 1.54) is 25.9 Å². The Morgan fingerprint density at radius 3 is 2.60 bits per heavy atom. The third-order valence-corrected chi connectivity index (χ3v) is 3.42. The largest absolute Gasteiger partial charge is 0.300 e. The standard InChI is InChI=1S/C9H17N/c1-3-10-6-8-5-9(10)4-7(8)2/h7-9H,3-6H2,1-2H3. The maximum atomic E-state index is 2.64. The number of piperidine rings is 1. The van der Waals surface area contributed by atoms with Crippen molar-refractivity contribution < 1.29 is 0 Å². The van der Waals surface area contributed by atoms with Crippen LogP contribution in [-0.4, -0.2) is 24.0 Å². The third kappa shape index (κ3) is 0.800. The molecule has 1 heterocycles. The molecule has 3 atom stereocenters. The summed E-state index contributed by atoms with van der Waals surface area (Å²) in [5.41, 5.74) is 0. The molecule has 0 aromatic carbocycles. The first-order chi connectivity index (χ1) is 4.81. The van der Waals surface area contributed by atoms with Gasteiger partial charge in [0.2, 0.25) is 0 Å². The van der Waals surface area contributed by atoms with E-state index in [1.807, 2.05) is 0 Å². The number of hydrogen-bond acceptors (Lipinski definition) is 1. The summed E-state index contributed by atoms with van der Waals surface area (Å²) in [5, 5.41) is 0. The Kier molecular flexibility index (Phi) is 1.48. The molecule has 2 rings (SSSR count). The third-order valence-electron chi connectivity index (χ3n) is 3.42. The first-order valence-electron chi connectivity index (χ1n) is 4.55. The Balaban J connectivity index is 2.02. The highest BCUT2D eigenvalue weighted by Crippen LogP contribution is 2.41. The minimum Gasteiger partial charge on any atom is -0.300 e. The summed E-state index contributed by atoms with van der Waals surface area (Å²) >= 11 is 0. The lowest BCUT2D eigenvalue weighted by Crippen LogP contribution is -2.34. The quantitative estimate of drug-likeness (QED) is 0.535. The topological polar surface area (TPSA) is 3.24 Å². The summed E-state index contributed by atoms with van der Waals surface area (Å²) in [5.74, 6) is 2.07. The molecule has 10 heavy (non-hydrogen) atoms. The summed E-state index contributed by atoms with van der Waals surface area (Å²) < 4.78 is 0. The fourth-order valence-electron chi connectivity index (χ4n) is 2.69. The molecular weight excluding hydrogens is 122 g/mol. The van der Waals surface area contributed by atoms with Crippen LogP contribution in [0.4, 0.5) is 0 Å². The molecule has 1 saturated carbocycles. The van der Waals surface area contributed by atoms with E-state index in [-0.39, 0.29) is 0 Å². The first kappa shape index (κ1) is 6.66. The molecule has 2 aliphatic rings. The van der Waals surface area contributed by atoms with Crippen LogP contribution in [0.1, 0.15) is 26.7 Å². The van der Waals surface area contributed by atoms with Crippen molar-refractivity contribution >= 4 is 0 Å². The van der Waals surface area contributed by atoms with Crippen molar-refractivity contribution in [3.05, 3.63) is 0 Å². The Morgan fingerprint density at radius 2 is 2.20 bits per heavy atom. The lowest BCUT2D eigenvalue weighted by atomic mass is 9.97. The number of likely N-dealkylation sites (tertiary alicyclic amines) is 1. The second-order valence-electron chi connectivity index (χ2n) is 3.95. The van der Waals surface area contributed by atoms with E-state index in [2.05, 4.69) is 18.7 Å². The summed E-state index contributed by atoms with van der Waals surface area (Å²) in [6.07, 6.45) is 2.97. The van der Waals surface area contributed by atoms with Gasteiger partial charge in [0.1, 0.15) is 0 Å². The molecule has 0 N–H and O–H groups in total. The maximum Gasteiger partial charge on any atom is 0.0101 e. The van der Waals surface area contributed by atoms with Gasteiger partial charge >= 0.3 is 0 Å². The number of rotatable bonds is 1. The molecule has 0 radical (unpaired) electrons. The SMILES string of the molecule is CCN1CC2CC1CC2C. The lowest BCUT2D eigenvalue weighted by Gasteiger charge is -2.28. The van der Waals surface area contributed by atoms with Crippen LogP contribution in [-0.2, 0) is 0 Å². The van der Waals surface area contributed by atoms with E-state index in [9.17, 15) is 0 Å². The van der Waals surface area contributed by atoms with Crippen LogP contribution in [0, 0.1) is 11.8 Å². The Hall–Kier alpha value is -0.0400. The van der Waals surface area contributed by atoms with Crippen molar-refractivity contribution in [2.75, 3.05) is 13.1 Å². The van der Waals surface area contributed by atoms with Gasteiger partial charge in [0.15, 0.2) is 0 Å². The van der Waals surface area contributed by atoms with Crippen molar-refractivity contribution in [2.24, 2.45) is 11.8 Å². The van der Waals surface area contributed by atoms with Crippen LogP contribution < -0.4 is 0 Å². The first-order valence-corrected chi connectivity index (χ1v) is 4.55. The summed E-state index contributed by atoms with van der Waals surface area (Å²) in [6, 6.07) is 0.963. The number of fused-ring (bicyclic) bond motifs is 2. The molecule has 2 fully saturated rings. The van der Waals surface area contributed by atoms with Gasteiger partial charge in [0, 0.05) is 12.6 Å². The minimum atomic E-state index is 0.963. The Bertz CT molecular complexity index is 131. The van der Waals surface area contributed by atoms with Gasteiger partial charge in [-0.25, -0.2) is 0 Å².